The molecule has 622 valence electrons. The lowest BCUT2D eigenvalue weighted by Crippen LogP contribution is -2.52. The van der Waals surface area contributed by atoms with E-state index < -0.39 is 54.8 Å². The topological polar surface area (TPSA) is 313 Å². The van der Waals surface area contributed by atoms with Crippen LogP contribution in [0.2, 0.25) is 0 Å². The zero-order valence-corrected chi connectivity index (χ0v) is 72.4. The SMILES string of the molecule is CC(C)(C)C12COP(=O)(OC1)OC2.CC(C)C(C(C)C)C12COP(=O)(OC1)OC2.CCC12COP(=O)(OC1)OC2.CCCCCC(CC)C12COP(=O)(OC1)OC2.CCCCCCC12COP(=O)(OC1)OC2.CCCCCCCCCCCCCCCCC12COP(=O)(OC1)OC2.O=P12OCC(CO1)CO2. The lowest BCUT2D eigenvalue weighted by molar-refractivity contribution is -0.143. The zero-order valence-electron chi connectivity index (χ0n) is 66.2. The van der Waals surface area contributed by atoms with Gasteiger partial charge in [0.25, 0.3) is 0 Å². The van der Waals surface area contributed by atoms with E-state index in [1.807, 2.05) is 0 Å². The second-order valence-corrected chi connectivity index (χ2v) is 45.4. The molecule has 21 rings (SSSR count). The molecule has 1 unspecified atom stereocenters. The number of hydrogen-bond donors (Lipinski definition) is 0. The first-order chi connectivity index (χ1) is 50.2. The molecule has 21 heterocycles. The van der Waals surface area contributed by atoms with Gasteiger partial charge in [0.15, 0.2) is 0 Å². The number of rotatable bonds is 30. The fourth-order valence-corrected chi connectivity index (χ4v) is 25.8. The Bertz CT molecular complexity index is 2800. The Morgan fingerprint density at radius 3 is 0.811 bits per heavy atom. The van der Waals surface area contributed by atoms with Gasteiger partial charge in [-0.15, -0.1) is 0 Å². The molecule has 0 spiro atoms. The van der Waals surface area contributed by atoms with Crippen LogP contribution in [0.5, 0.6) is 0 Å². The Labute approximate surface area is 634 Å². The largest absolute Gasteiger partial charge is 0.474 e. The lowest BCUT2D eigenvalue weighted by Gasteiger charge is -2.51. The van der Waals surface area contributed by atoms with E-state index in [0.29, 0.717) is 168 Å². The molecule has 21 saturated heterocycles. The van der Waals surface area contributed by atoms with Crippen LogP contribution in [0.25, 0.3) is 0 Å². The smallest absolute Gasteiger partial charge is 0.286 e. The van der Waals surface area contributed by atoms with E-state index in [9.17, 15) is 32.0 Å². The van der Waals surface area contributed by atoms with E-state index >= 15 is 0 Å². The van der Waals surface area contributed by atoms with E-state index in [-0.39, 0.29) is 37.9 Å². The monoisotopic (exact) mass is 1650 g/mol. The summed E-state index contributed by atoms with van der Waals surface area (Å²) < 4.78 is 188. The summed E-state index contributed by atoms with van der Waals surface area (Å²) in [6.07, 6.45) is 33.3. The third kappa shape index (κ3) is 26.1. The van der Waals surface area contributed by atoms with E-state index in [1.165, 1.54) is 141 Å². The number of hydrogen-bond acceptors (Lipinski definition) is 28. The Balaban J connectivity index is 0.000000159. The molecule has 0 aromatic heterocycles. The maximum Gasteiger partial charge on any atom is 0.474 e. The fraction of sp³-hybridized carbons (Fsp3) is 1.00. The maximum atomic E-state index is 11.7. The van der Waals surface area contributed by atoms with Gasteiger partial charge in [0.1, 0.15) is 0 Å². The van der Waals surface area contributed by atoms with Crippen molar-refractivity contribution in [1.82, 2.24) is 0 Å². The van der Waals surface area contributed by atoms with Crippen molar-refractivity contribution >= 4 is 54.8 Å². The van der Waals surface area contributed by atoms with Crippen LogP contribution in [0.1, 0.15) is 250 Å². The molecule has 21 fully saturated rings. The Hall–Kier alpha value is 0.770. The third-order valence-corrected chi connectivity index (χ3v) is 32.8. The van der Waals surface area contributed by atoms with Crippen LogP contribution in [0.15, 0.2) is 0 Å². The summed E-state index contributed by atoms with van der Waals surface area (Å²) in [5.74, 6) is 2.36. The molecule has 1 atom stereocenters. The predicted octanol–water partition coefficient (Wildman–Crippen LogP) is 21.6. The van der Waals surface area contributed by atoms with Gasteiger partial charge in [0, 0.05) is 38.4 Å². The van der Waals surface area contributed by atoms with E-state index in [4.69, 9.17) is 95.0 Å². The minimum atomic E-state index is -3.17. The predicted molar refractivity (Wildman–Crippen MR) is 401 cm³/mol. The molecule has 0 aliphatic carbocycles. The Kier molecular flexibility index (Phi) is 35.9. The molecule has 14 bridgehead atoms. The van der Waals surface area contributed by atoms with Gasteiger partial charge in [-0.05, 0) is 54.8 Å². The molecule has 21 aliphatic rings. The van der Waals surface area contributed by atoms with E-state index in [0.717, 1.165) is 25.7 Å². The Morgan fingerprint density at radius 1 is 0.302 bits per heavy atom. The number of phosphoric acid groups is 7. The molecular formula is C71H135O28P7. The second kappa shape index (κ2) is 41.2. The highest BCUT2D eigenvalue weighted by Crippen LogP contribution is 2.67. The summed E-state index contributed by atoms with van der Waals surface area (Å²) >= 11 is 0. The first-order valence-electron chi connectivity index (χ1n) is 40.0. The molecule has 0 radical (unpaired) electrons. The lowest BCUT2D eigenvalue weighted by atomic mass is 9.66. The molecule has 0 N–H and O–H groups in total. The van der Waals surface area contributed by atoms with Crippen LogP contribution < -0.4 is 0 Å². The molecule has 0 aromatic rings. The van der Waals surface area contributed by atoms with E-state index in [1.54, 1.807) is 0 Å². The maximum absolute atomic E-state index is 11.7. The third-order valence-electron chi connectivity index (χ3n) is 23.3. The number of phosphoric ester groups is 7. The average Bonchev–Trinajstić information content (AvgIpc) is 0.800. The van der Waals surface area contributed by atoms with Gasteiger partial charge in [-0.3, -0.25) is 95.0 Å². The molecule has 35 heteroatoms. The van der Waals surface area contributed by atoms with Gasteiger partial charge in [0.05, 0.1) is 139 Å². The highest BCUT2D eigenvalue weighted by Gasteiger charge is 2.59. The van der Waals surface area contributed by atoms with Crippen LogP contribution >= 0.6 is 54.8 Å². The number of fused-ring (bicyclic) bond motifs is 21. The van der Waals surface area contributed by atoms with Crippen LogP contribution in [0.4, 0.5) is 0 Å². The molecule has 0 amide bonds. The van der Waals surface area contributed by atoms with Crippen molar-refractivity contribution in [3.63, 3.8) is 0 Å². The first-order valence-corrected chi connectivity index (χ1v) is 50.2. The minimum Gasteiger partial charge on any atom is -0.286 e. The van der Waals surface area contributed by atoms with Crippen molar-refractivity contribution in [3.8, 4) is 0 Å². The standard InChI is InChI=1S/C20H39O4P.C12H23O4P.C11H21O4P.C10H19O4P.C8H15O4P.C6H11O4P.C4H7O4P/c1-2-3-4-5-6-7-8-9-10-11-12-13-14-15-16-20-17-22-25(21,23-18-20)24-19-20;1-3-5-6-7-11(4-2)12-8-14-17(13,15-9-12)16-10-12;1-8(2)10(9(3)4)11-5-13-16(12,14-6-11)15-7-11;1-2-3-4-5-6-10-7-12-15(11,13-8-10)14-9-10;1-7(2,3)8-4-10-13(9,11-5-8)12-6-8;1-2-6-3-8-11(7,9-4-6)10-5-6;5-9-6-1-4(2-7-9)3-8-9/h2-19H2,1H3;11H,3-10H2,1-2H3;8-10H,5-7H2,1-4H3;2-9H2,1H3;4-6H2,1-3H3;2-5H2,1H3;4H,1-3H2. The summed E-state index contributed by atoms with van der Waals surface area (Å²) in [7, 11) is -21.8. The van der Waals surface area contributed by atoms with Crippen LogP contribution in [-0.4, -0.2) is 139 Å². The van der Waals surface area contributed by atoms with Crippen molar-refractivity contribution < 1.29 is 127 Å². The van der Waals surface area contributed by atoms with Gasteiger partial charge in [-0.2, -0.15) is 0 Å². The molecule has 21 aliphatic heterocycles. The van der Waals surface area contributed by atoms with Gasteiger partial charge in [0.2, 0.25) is 0 Å². The van der Waals surface area contributed by atoms with Gasteiger partial charge >= 0.3 is 54.8 Å². The summed E-state index contributed by atoms with van der Waals surface area (Å²) in [6.45, 7) is 37.1. The van der Waals surface area contributed by atoms with Crippen molar-refractivity contribution in [2.24, 2.45) is 67.5 Å². The van der Waals surface area contributed by atoms with Gasteiger partial charge < -0.3 is 0 Å². The van der Waals surface area contributed by atoms with Crippen molar-refractivity contribution in [2.75, 3.05) is 139 Å². The van der Waals surface area contributed by atoms with Crippen molar-refractivity contribution in [2.45, 2.75) is 250 Å². The molecule has 28 nitrogen and oxygen atoms in total. The zero-order chi connectivity index (χ0) is 77.0. The van der Waals surface area contributed by atoms with Gasteiger partial charge in [-0.25, -0.2) is 32.0 Å². The summed E-state index contributed by atoms with van der Waals surface area (Å²) in [4.78, 5) is 0. The average molecular weight is 1650 g/mol. The van der Waals surface area contributed by atoms with Crippen molar-refractivity contribution in [1.29, 1.82) is 0 Å². The van der Waals surface area contributed by atoms with Crippen molar-refractivity contribution in [3.05, 3.63) is 0 Å². The quantitative estimate of drug-likeness (QED) is 0.0476. The number of unbranched alkanes of at least 4 members (excludes halogenated alkanes) is 18. The highest BCUT2D eigenvalue weighted by molar-refractivity contribution is 7.50. The summed E-state index contributed by atoms with van der Waals surface area (Å²) in [5.41, 5.74) is -0.379. The minimum absolute atomic E-state index is 0.0279. The van der Waals surface area contributed by atoms with Crippen LogP contribution in [0.3, 0.4) is 0 Å². The molecule has 0 aromatic carbocycles. The fourth-order valence-electron chi connectivity index (χ4n) is 15.5. The summed E-state index contributed by atoms with van der Waals surface area (Å²) in [5, 5.41) is 0. The normalized spacial score (nSPS) is 39.2. The Morgan fingerprint density at radius 2 is 0.547 bits per heavy atom. The first kappa shape index (κ1) is 92.3. The van der Waals surface area contributed by atoms with Crippen LogP contribution in [0, 0.1) is 67.5 Å². The molecule has 0 saturated carbocycles. The molecular weight excluding hydrogens is 1520 g/mol. The summed E-state index contributed by atoms with van der Waals surface area (Å²) in [6, 6.07) is 0. The van der Waals surface area contributed by atoms with E-state index in [2.05, 4.69) is 83.1 Å². The molecule has 106 heavy (non-hydrogen) atoms. The van der Waals surface area contributed by atoms with Crippen LogP contribution in [-0.2, 0) is 127 Å². The highest BCUT2D eigenvalue weighted by atomic mass is 31.2. The van der Waals surface area contributed by atoms with Gasteiger partial charge in [-0.1, -0.05) is 224 Å². The second-order valence-electron chi connectivity index (χ2n) is 33.7.